The number of anilines is 1. The normalized spacial score (nSPS) is 14.2. The molecule has 2 aromatic rings. The lowest BCUT2D eigenvalue weighted by Gasteiger charge is -2.05. The Morgan fingerprint density at radius 3 is 2.84 bits per heavy atom. The van der Waals surface area contributed by atoms with E-state index in [-0.39, 0.29) is 11.8 Å². The summed E-state index contributed by atoms with van der Waals surface area (Å²) in [6.07, 6.45) is 6.56. The Morgan fingerprint density at radius 2 is 2.11 bits per heavy atom. The Morgan fingerprint density at radius 1 is 1.26 bits per heavy atom. The first-order valence-corrected chi connectivity index (χ1v) is 6.34. The average Bonchev–Trinajstić information content (AvgIpc) is 3.23. The van der Waals surface area contributed by atoms with Gasteiger partial charge in [-0.3, -0.25) is 9.78 Å². The van der Waals surface area contributed by atoms with Crippen molar-refractivity contribution in [3.8, 4) is 11.3 Å². The lowest BCUT2D eigenvalue weighted by atomic mass is 10.2. The fraction of sp³-hybridized carbons (Fsp3) is 0.231. The van der Waals surface area contributed by atoms with E-state index in [1.165, 1.54) is 6.33 Å². The smallest absolute Gasteiger partial charge is 0.228 e. The molecule has 1 amide bonds. The third-order valence-corrected chi connectivity index (χ3v) is 3.07. The third kappa shape index (κ3) is 2.88. The summed E-state index contributed by atoms with van der Waals surface area (Å²) in [5, 5.41) is 3.33. The Bertz CT molecular complexity index is 628. The highest BCUT2D eigenvalue weighted by Crippen LogP contribution is 2.30. The Hall–Kier alpha value is -2.01. The Balaban J connectivity index is 1.84. The molecule has 0 saturated heterocycles. The van der Waals surface area contributed by atoms with E-state index in [2.05, 4.69) is 20.3 Å². The molecule has 2 aromatic heterocycles. The molecule has 0 unspecified atom stereocenters. The molecule has 6 heteroatoms. The van der Waals surface area contributed by atoms with Crippen molar-refractivity contribution >= 4 is 23.3 Å². The van der Waals surface area contributed by atoms with Crippen molar-refractivity contribution in [2.45, 2.75) is 12.8 Å². The molecule has 1 N–H and O–H groups in total. The van der Waals surface area contributed by atoms with Gasteiger partial charge in [0.05, 0.1) is 10.7 Å². The minimum atomic E-state index is 0.0221. The van der Waals surface area contributed by atoms with Gasteiger partial charge >= 0.3 is 0 Å². The van der Waals surface area contributed by atoms with Gasteiger partial charge in [0.2, 0.25) is 5.91 Å². The maximum atomic E-state index is 11.7. The molecule has 0 aliphatic heterocycles. The first kappa shape index (κ1) is 12.0. The quantitative estimate of drug-likeness (QED) is 0.934. The fourth-order valence-electron chi connectivity index (χ4n) is 1.71. The van der Waals surface area contributed by atoms with E-state index in [0.29, 0.717) is 16.5 Å². The van der Waals surface area contributed by atoms with Crippen molar-refractivity contribution in [2.24, 2.45) is 5.92 Å². The van der Waals surface area contributed by atoms with Crippen molar-refractivity contribution in [3.63, 3.8) is 0 Å². The summed E-state index contributed by atoms with van der Waals surface area (Å²) in [5.74, 6) is 0.669. The van der Waals surface area contributed by atoms with Gasteiger partial charge in [0.25, 0.3) is 0 Å². The summed E-state index contributed by atoms with van der Waals surface area (Å²) < 4.78 is 0. The van der Waals surface area contributed by atoms with Gasteiger partial charge in [-0.05, 0) is 18.9 Å². The van der Waals surface area contributed by atoms with Crippen molar-refractivity contribution in [3.05, 3.63) is 35.9 Å². The number of amides is 1. The minimum Gasteiger partial charge on any atom is -0.310 e. The van der Waals surface area contributed by atoms with E-state index in [0.717, 1.165) is 18.4 Å². The zero-order valence-corrected chi connectivity index (χ0v) is 10.8. The number of halogens is 1. The number of carbonyl (C=O) groups is 1. The number of carbonyl (C=O) groups excluding carboxylic acids is 1. The number of pyridine rings is 1. The van der Waals surface area contributed by atoms with E-state index in [4.69, 9.17) is 11.6 Å². The highest BCUT2D eigenvalue weighted by Gasteiger charge is 2.29. The summed E-state index contributed by atoms with van der Waals surface area (Å²) in [7, 11) is 0. The van der Waals surface area contributed by atoms with Crippen LogP contribution in [0.15, 0.2) is 30.9 Å². The van der Waals surface area contributed by atoms with Crippen LogP contribution in [-0.2, 0) is 4.79 Å². The summed E-state index contributed by atoms with van der Waals surface area (Å²) in [6, 6.07) is 3.48. The van der Waals surface area contributed by atoms with Crippen LogP contribution in [0, 0.1) is 5.92 Å². The van der Waals surface area contributed by atoms with Gasteiger partial charge in [-0.1, -0.05) is 11.6 Å². The summed E-state index contributed by atoms with van der Waals surface area (Å²) in [5.41, 5.74) is 1.47. The molecule has 3 rings (SSSR count). The van der Waals surface area contributed by atoms with Crippen LogP contribution in [0.5, 0.6) is 0 Å². The summed E-state index contributed by atoms with van der Waals surface area (Å²) >= 11 is 5.89. The van der Waals surface area contributed by atoms with Gasteiger partial charge in [-0.2, -0.15) is 0 Å². The second kappa shape index (κ2) is 4.93. The highest BCUT2D eigenvalue weighted by atomic mass is 35.5. The minimum absolute atomic E-state index is 0.0221. The van der Waals surface area contributed by atoms with Gasteiger partial charge in [-0.15, -0.1) is 0 Å². The predicted octanol–water partition coefficient (Wildman–Crippen LogP) is 2.54. The lowest BCUT2D eigenvalue weighted by Crippen LogP contribution is -2.14. The van der Waals surface area contributed by atoms with Gasteiger partial charge < -0.3 is 5.32 Å². The van der Waals surface area contributed by atoms with Crippen LogP contribution in [0.3, 0.4) is 0 Å². The second-order valence-electron chi connectivity index (χ2n) is 4.44. The molecule has 0 bridgehead atoms. The van der Waals surface area contributed by atoms with Gasteiger partial charge in [-0.25, -0.2) is 9.97 Å². The number of hydrogen-bond acceptors (Lipinski definition) is 4. The number of hydrogen-bond donors (Lipinski definition) is 1. The molecule has 1 aliphatic carbocycles. The number of aromatic nitrogens is 3. The van der Waals surface area contributed by atoms with Crippen LogP contribution in [0.4, 0.5) is 5.82 Å². The maximum Gasteiger partial charge on any atom is 0.228 e. The molecule has 2 heterocycles. The molecule has 0 radical (unpaired) electrons. The van der Waals surface area contributed by atoms with E-state index < -0.39 is 0 Å². The Labute approximate surface area is 115 Å². The van der Waals surface area contributed by atoms with Gasteiger partial charge in [0.1, 0.15) is 12.1 Å². The van der Waals surface area contributed by atoms with E-state index >= 15 is 0 Å². The van der Waals surface area contributed by atoms with Crippen LogP contribution in [0.1, 0.15) is 12.8 Å². The predicted molar refractivity (Wildman–Crippen MR) is 71.6 cm³/mol. The zero-order valence-electron chi connectivity index (χ0n) is 10.0. The second-order valence-corrected chi connectivity index (χ2v) is 4.88. The number of nitrogens with zero attached hydrogens (tertiary/aromatic N) is 3. The zero-order chi connectivity index (χ0) is 13.2. The average molecular weight is 275 g/mol. The highest BCUT2D eigenvalue weighted by molar-refractivity contribution is 6.30. The van der Waals surface area contributed by atoms with Crippen molar-refractivity contribution in [1.82, 2.24) is 15.0 Å². The van der Waals surface area contributed by atoms with Crippen LogP contribution in [-0.4, -0.2) is 20.9 Å². The standard InChI is InChI=1S/C13H11ClN4O/c14-10-3-9(5-15-6-10)11-4-12(17-7-16-11)18-13(19)8-1-2-8/h3-8H,1-2H2,(H,16,17,18,19). The van der Waals surface area contributed by atoms with E-state index in [1.807, 2.05) is 0 Å². The first-order valence-electron chi connectivity index (χ1n) is 5.96. The molecule has 0 atom stereocenters. The maximum absolute atomic E-state index is 11.7. The van der Waals surface area contributed by atoms with Crippen molar-refractivity contribution in [1.29, 1.82) is 0 Å². The van der Waals surface area contributed by atoms with Crippen LogP contribution < -0.4 is 5.32 Å². The molecule has 0 aromatic carbocycles. The molecule has 19 heavy (non-hydrogen) atoms. The SMILES string of the molecule is O=C(Nc1cc(-c2cncc(Cl)c2)ncn1)C1CC1. The first-order chi connectivity index (χ1) is 9.22. The van der Waals surface area contributed by atoms with Crippen LogP contribution >= 0.6 is 11.6 Å². The number of rotatable bonds is 3. The molecule has 1 saturated carbocycles. The molecular formula is C13H11ClN4O. The largest absolute Gasteiger partial charge is 0.310 e. The lowest BCUT2D eigenvalue weighted by molar-refractivity contribution is -0.117. The van der Waals surface area contributed by atoms with E-state index in [9.17, 15) is 4.79 Å². The van der Waals surface area contributed by atoms with Crippen LogP contribution in [0.2, 0.25) is 5.02 Å². The molecule has 0 spiro atoms. The fourth-order valence-corrected chi connectivity index (χ4v) is 1.88. The molecular weight excluding hydrogens is 264 g/mol. The van der Waals surface area contributed by atoms with Crippen LogP contribution in [0.25, 0.3) is 11.3 Å². The number of nitrogens with one attached hydrogen (secondary N) is 1. The van der Waals surface area contributed by atoms with Crippen molar-refractivity contribution in [2.75, 3.05) is 5.32 Å². The summed E-state index contributed by atoms with van der Waals surface area (Å²) in [4.78, 5) is 23.9. The molecule has 1 aliphatic rings. The van der Waals surface area contributed by atoms with Crippen molar-refractivity contribution < 1.29 is 4.79 Å². The molecule has 96 valence electrons. The van der Waals surface area contributed by atoms with Gasteiger partial charge in [0, 0.05) is 29.9 Å². The molecule has 5 nitrogen and oxygen atoms in total. The van der Waals surface area contributed by atoms with E-state index in [1.54, 1.807) is 24.5 Å². The monoisotopic (exact) mass is 274 g/mol. The van der Waals surface area contributed by atoms with Gasteiger partial charge in [0.15, 0.2) is 0 Å². The topological polar surface area (TPSA) is 67.8 Å². The third-order valence-electron chi connectivity index (χ3n) is 2.87. The summed E-state index contributed by atoms with van der Waals surface area (Å²) in [6.45, 7) is 0. The Kier molecular flexibility index (Phi) is 3.13. The molecule has 1 fully saturated rings.